The summed E-state index contributed by atoms with van der Waals surface area (Å²) in [5.41, 5.74) is 1.69. The summed E-state index contributed by atoms with van der Waals surface area (Å²) in [4.78, 5) is 16.4. The van der Waals surface area contributed by atoms with Gasteiger partial charge in [0.1, 0.15) is 29.1 Å². The summed E-state index contributed by atoms with van der Waals surface area (Å²) in [6, 6.07) is 13.0. The van der Waals surface area contributed by atoms with Crippen LogP contribution in [-0.4, -0.2) is 24.0 Å². The van der Waals surface area contributed by atoms with Crippen LogP contribution in [0.1, 0.15) is 27.9 Å². The van der Waals surface area contributed by atoms with Gasteiger partial charge in [-0.2, -0.15) is 5.26 Å². The van der Waals surface area contributed by atoms with Gasteiger partial charge in [0.2, 0.25) is 0 Å². The van der Waals surface area contributed by atoms with E-state index in [2.05, 4.69) is 21.7 Å². The zero-order chi connectivity index (χ0) is 20.1. The summed E-state index contributed by atoms with van der Waals surface area (Å²) < 4.78 is 27.2. The first kappa shape index (κ1) is 19.2. The molecule has 0 aliphatic carbocycles. The van der Waals surface area contributed by atoms with Crippen molar-refractivity contribution >= 4 is 22.6 Å². The third-order valence-corrected chi connectivity index (χ3v) is 4.21. The van der Waals surface area contributed by atoms with E-state index in [0.717, 1.165) is 28.6 Å². The molecule has 0 unspecified atom stereocenters. The van der Waals surface area contributed by atoms with Crippen LogP contribution in [0.3, 0.4) is 0 Å². The van der Waals surface area contributed by atoms with Gasteiger partial charge in [-0.3, -0.25) is 4.79 Å². The van der Waals surface area contributed by atoms with E-state index in [4.69, 9.17) is 0 Å². The number of hydrogen-bond donors (Lipinski definition) is 2. The number of aromatic nitrogens is 1. The Balaban J connectivity index is 1.58. The fourth-order valence-corrected chi connectivity index (χ4v) is 2.80. The molecule has 0 spiro atoms. The second kappa shape index (κ2) is 8.44. The summed E-state index contributed by atoms with van der Waals surface area (Å²) in [6.45, 7) is 2.61. The Kier molecular flexibility index (Phi) is 5.80. The van der Waals surface area contributed by atoms with Gasteiger partial charge < -0.3 is 10.6 Å². The lowest BCUT2D eigenvalue weighted by molar-refractivity contribution is 0.0945. The first-order valence-electron chi connectivity index (χ1n) is 8.77. The van der Waals surface area contributed by atoms with Crippen molar-refractivity contribution < 1.29 is 13.6 Å². The third-order valence-electron chi connectivity index (χ3n) is 4.21. The number of carbonyl (C=O) groups excluding carboxylic acids is 1. The van der Waals surface area contributed by atoms with Crippen LogP contribution >= 0.6 is 0 Å². The molecule has 28 heavy (non-hydrogen) atoms. The van der Waals surface area contributed by atoms with Gasteiger partial charge in [0.05, 0.1) is 11.1 Å². The monoisotopic (exact) mass is 380 g/mol. The van der Waals surface area contributed by atoms with Crippen LogP contribution in [0.5, 0.6) is 0 Å². The molecule has 0 saturated heterocycles. The minimum atomic E-state index is -0.898. The molecule has 1 aromatic heterocycles. The smallest absolute Gasteiger partial charge is 0.257 e. The lowest BCUT2D eigenvalue weighted by Gasteiger charge is -2.10. The van der Waals surface area contributed by atoms with Crippen LogP contribution < -0.4 is 10.6 Å². The molecule has 0 atom stereocenters. The Morgan fingerprint density at radius 1 is 1.14 bits per heavy atom. The molecule has 7 heteroatoms. The van der Waals surface area contributed by atoms with E-state index in [-0.39, 0.29) is 6.54 Å². The highest BCUT2D eigenvalue weighted by molar-refractivity contribution is 5.94. The molecule has 3 aromatic rings. The number of anilines is 1. The molecule has 2 N–H and O–H groups in total. The molecule has 5 nitrogen and oxygen atoms in total. The van der Waals surface area contributed by atoms with Crippen molar-refractivity contribution in [2.75, 3.05) is 18.4 Å². The Morgan fingerprint density at radius 3 is 2.61 bits per heavy atom. The normalized spacial score (nSPS) is 10.5. The lowest BCUT2D eigenvalue weighted by atomic mass is 10.1. The summed E-state index contributed by atoms with van der Waals surface area (Å²) in [5.74, 6) is -2.13. The number of pyridine rings is 1. The lowest BCUT2D eigenvalue weighted by Crippen LogP contribution is -2.27. The molecule has 1 amide bonds. The number of hydrogen-bond acceptors (Lipinski definition) is 4. The minimum absolute atomic E-state index is 0.216. The summed E-state index contributed by atoms with van der Waals surface area (Å²) >= 11 is 0. The van der Waals surface area contributed by atoms with E-state index in [1.165, 1.54) is 6.07 Å². The van der Waals surface area contributed by atoms with Crippen LogP contribution in [-0.2, 0) is 0 Å². The highest BCUT2D eigenvalue weighted by Gasteiger charge is 2.16. The number of rotatable bonds is 6. The Hall–Kier alpha value is -3.53. The number of aryl methyl sites for hydroxylation is 1. The van der Waals surface area contributed by atoms with Crippen LogP contribution in [0, 0.1) is 29.9 Å². The molecule has 2 aromatic carbocycles. The highest BCUT2D eigenvalue weighted by Crippen LogP contribution is 2.21. The Morgan fingerprint density at radius 2 is 1.89 bits per heavy atom. The average Bonchev–Trinajstić information content (AvgIpc) is 2.67. The molecule has 3 rings (SSSR count). The van der Waals surface area contributed by atoms with Crippen molar-refractivity contribution in [1.29, 1.82) is 5.26 Å². The average molecular weight is 380 g/mol. The number of nitrogens with one attached hydrogen (secondary N) is 2. The third kappa shape index (κ3) is 4.23. The number of nitrogens with zero attached hydrogens (tertiary/aromatic N) is 2. The maximum absolute atomic E-state index is 13.6. The first-order chi connectivity index (χ1) is 13.5. The largest absolute Gasteiger partial charge is 0.369 e. The molecule has 0 saturated carbocycles. The van der Waals surface area contributed by atoms with Crippen molar-refractivity contribution in [1.82, 2.24) is 10.3 Å². The molecule has 0 aliphatic heterocycles. The quantitative estimate of drug-likeness (QED) is 0.636. The van der Waals surface area contributed by atoms with E-state index in [1.807, 2.05) is 25.1 Å². The SMILES string of the molecule is Cc1ccc2cc(C#N)c(NCCCNC(=O)c3c(F)cccc3F)nc2c1. The van der Waals surface area contributed by atoms with Gasteiger partial charge in [0.25, 0.3) is 5.91 Å². The second-order valence-electron chi connectivity index (χ2n) is 6.33. The number of amides is 1. The zero-order valence-electron chi connectivity index (χ0n) is 15.2. The van der Waals surface area contributed by atoms with E-state index in [9.17, 15) is 18.8 Å². The minimum Gasteiger partial charge on any atom is -0.369 e. The number of fused-ring (bicyclic) bond motifs is 1. The van der Waals surface area contributed by atoms with Crippen molar-refractivity contribution in [2.24, 2.45) is 0 Å². The van der Waals surface area contributed by atoms with E-state index >= 15 is 0 Å². The molecule has 1 heterocycles. The second-order valence-corrected chi connectivity index (χ2v) is 6.33. The fourth-order valence-electron chi connectivity index (χ4n) is 2.80. The zero-order valence-corrected chi connectivity index (χ0v) is 15.2. The van der Waals surface area contributed by atoms with E-state index in [0.29, 0.717) is 24.3 Å². The Bertz CT molecular complexity index is 1060. The highest BCUT2D eigenvalue weighted by atomic mass is 19.1. The van der Waals surface area contributed by atoms with Gasteiger partial charge in [0, 0.05) is 18.5 Å². The summed E-state index contributed by atoms with van der Waals surface area (Å²) in [6.07, 6.45) is 0.486. The van der Waals surface area contributed by atoms with Gasteiger partial charge >= 0.3 is 0 Å². The molecule has 0 aliphatic rings. The summed E-state index contributed by atoms with van der Waals surface area (Å²) in [5, 5.41) is 15.8. The van der Waals surface area contributed by atoms with Crippen molar-refractivity contribution in [3.05, 3.63) is 70.8 Å². The maximum atomic E-state index is 13.6. The molecule has 0 fully saturated rings. The molecule has 0 radical (unpaired) electrons. The standard InChI is InChI=1S/C21H18F2N4O/c1-13-6-7-14-11-15(12-24)20(27-18(14)10-13)25-8-3-9-26-21(28)19-16(22)4-2-5-17(19)23/h2,4-7,10-11H,3,8-9H2,1H3,(H,25,27)(H,26,28). The van der Waals surface area contributed by atoms with Gasteiger partial charge in [-0.15, -0.1) is 0 Å². The van der Waals surface area contributed by atoms with Crippen LogP contribution in [0.2, 0.25) is 0 Å². The van der Waals surface area contributed by atoms with Crippen molar-refractivity contribution in [2.45, 2.75) is 13.3 Å². The van der Waals surface area contributed by atoms with Gasteiger partial charge in [-0.05, 0) is 43.2 Å². The number of carbonyl (C=O) groups is 1. The van der Waals surface area contributed by atoms with E-state index in [1.54, 1.807) is 6.07 Å². The number of nitriles is 1. The predicted molar refractivity (Wildman–Crippen MR) is 103 cm³/mol. The van der Waals surface area contributed by atoms with Crippen LogP contribution in [0.25, 0.3) is 10.9 Å². The van der Waals surface area contributed by atoms with Crippen molar-refractivity contribution in [3.63, 3.8) is 0 Å². The fraction of sp³-hybridized carbons (Fsp3) is 0.190. The molecule has 142 valence electrons. The molecular weight excluding hydrogens is 362 g/mol. The maximum Gasteiger partial charge on any atom is 0.257 e. The van der Waals surface area contributed by atoms with Crippen molar-refractivity contribution in [3.8, 4) is 6.07 Å². The van der Waals surface area contributed by atoms with Gasteiger partial charge in [-0.1, -0.05) is 18.2 Å². The number of halogens is 2. The van der Waals surface area contributed by atoms with Crippen LogP contribution in [0.15, 0.2) is 42.5 Å². The summed E-state index contributed by atoms with van der Waals surface area (Å²) in [7, 11) is 0. The van der Waals surface area contributed by atoms with E-state index < -0.39 is 23.1 Å². The predicted octanol–water partition coefficient (Wildman–Crippen LogP) is 3.93. The Labute approximate surface area is 161 Å². The number of benzene rings is 2. The molecule has 0 bridgehead atoms. The van der Waals surface area contributed by atoms with Gasteiger partial charge in [0.15, 0.2) is 0 Å². The first-order valence-corrected chi connectivity index (χ1v) is 8.77. The topological polar surface area (TPSA) is 77.8 Å². The van der Waals surface area contributed by atoms with Crippen LogP contribution in [0.4, 0.5) is 14.6 Å². The molecular formula is C21H18F2N4O. The van der Waals surface area contributed by atoms with Gasteiger partial charge in [-0.25, -0.2) is 13.8 Å².